The van der Waals surface area contributed by atoms with Crippen molar-refractivity contribution >= 4 is 22.5 Å². The van der Waals surface area contributed by atoms with Gasteiger partial charge in [0.2, 0.25) is 5.88 Å². The molecule has 1 atom stereocenters. The minimum absolute atomic E-state index is 0.112. The maximum Gasteiger partial charge on any atom is 0.265 e. The van der Waals surface area contributed by atoms with Gasteiger partial charge in [0, 0.05) is 0 Å². The molecule has 0 saturated heterocycles. The number of nitrogens with zero attached hydrogens (tertiary/aromatic N) is 2. The Morgan fingerprint density at radius 2 is 1.87 bits per heavy atom. The summed E-state index contributed by atoms with van der Waals surface area (Å²) in [6.07, 6.45) is 0.534. The van der Waals surface area contributed by atoms with Gasteiger partial charge in [0.1, 0.15) is 12.1 Å². The van der Waals surface area contributed by atoms with Crippen LogP contribution in [0.5, 0.6) is 5.88 Å². The van der Waals surface area contributed by atoms with E-state index >= 15 is 0 Å². The number of anilines is 1. The molecule has 1 amide bonds. The predicted octanol–water partition coefficient (Wildman–Crippen LogP) is 3.17. The standard InChI is InChI=1S/C17H14FN3O2/c1-11(16(22)21-15-9-5-3-7-13(15)18)23-17-12-6-2-4-8-14(12)19-10-20-17/h2-11H,1H3,(H,21,22)/t11-/m0/s1. The van der Waals surface area contributed by atoms with Gasteiger partial charge < -0.3 is 10.1 Å². The van der Waals surface area contributed by atoms with Gasteiger partial charge in [-0.3, -0.25) is 4.79 Å². The van der Waals surface area contributed by atoms with E-state index in [1.54, 1.807) is 19.1 Å². The summed E-state index contributed by atoms with van der Waals surface area (Å²) in [5, 5.41) is 3.20. The summed E-state index contributed by atoms with van der Waals surface area (Å²) < 4.78 is 19.2. The number of para-hydroxylation sites is 2. The molecule has 0 unspecified atom stereocenters. The Labute approximate surface area is 132 Å². The van der Waals surface area contributed by atoms with Gasteiger partial charge in [-0.05, 0) is 31.2 Å². The molecule has 0 bridgehead atoms. The second-order valence-corrected chi connectivity index (χ2v) is 4.93. The van der Waals surface area contributed by atoms with Crippen molar-refractivity contribution in [1.29, 1.82) is 0 Å². The first kappa shape index (κ1) is 14.9. The number of amides is 1. The van der Waals surface area contributed by atoms with Crippen LogP contribution in [0.4, 0.5) is 10.1 Å². The molecule has 5 nitrogen and oxygen atoms in total. The summed E-state index contributed by atoms with van der Waals surface area (Å²) >= 11 is 0. The predicted molar refractivity (Wildman–Crippen MR) is 84.7 cm³/mol. The van der Waals surface area contributed by atoms with E-state index in [4.69, 9.17) is 4.74 Å². The molecule has 1 aromatic heterocycles. The Bertz CT molecular complexity index is 849. The number of carbonyl (C=O) groups is 1. The monoisotopic (exact) mass is 311 g/mol. The molecule has 6 heteroatoms. The zero-order valence-electron chi connectivity index (χ0n) is 12.4. The number of fused-ring (bicyclic) bond motifs is 1. The Hall–Kier alpha value is -3.02. The highest BCUT2D eigenvalue weighted by atomic mass is 19.1. The van der Waals surface area contributed by atoms with E-state index in [1.165, 1.54) is 18.5 Å². The van der Waals surface area contributed by atoms with Gasteiger partial charge in [-0.2, -0.15) is 0 Å². The molecule has 0 spiro atoms. The average Bonchev–Trinajstić information content (AvgIpc) is 2.57. The van der Waals surface area contributed by atoms with Crippen LogP contribution < -0.4 is 10.1 Å². The molecular weight excluding hydrogens is 297 g/mol. The van der Waals surface area contributed by atoms with Crippen molar-refractivity contribution in [3.63, 3.8) is 0 Å². The number of ether oxygens (including phenoxy) is 1. The number of hydrogen-bond acceptors (Lipinski definition) is 4. The normalized spacial score (nSPS) is 11.9. The second kappa shape index (κ2) is 6.39. The highest BCUT2D eigenvalue weighted by molar-refractivity contribution is 5.94. The van der Waals surface area contributed by atoms with E-state index in [-0.39, 0.29) is 5.69 Å². The molecule has 116 valence electrons. The Balaban J connectivity index is 1.77. The fourth-order valence-corrected chi connectivity index (χ4v) is 2.09. The van der Waals surface area contributed by atoms with Crippen molar-refractivity contribution in [2.24, 2.45) is 0 Å². The Morgan fingerprint density at radius 1 is 1.13 bits per heavy atom. The van der Waals surface area contributed by atoms with Crippen LogP contribution in [0.15, 0.2) is 54.9 Å². The quantitative estimate of drug-likeness (QED) is 0.804. The summed E-state index contributed by atoms with van der Waals surface area (Å²) in [6, 6.07) is 13.3. The number of hydrogen-bond donors (Lipinski definition) is 1. The molecule has 0 radical (unpaired) electrons. The molecule has 0 aliphatic carbocycles. The molecule has 2 aromatic carbocycles. The summed E-state index contributed by atoms with van der Waals surface area (Å²) in [5.74, 6) is -0.648. The highest BCUT2D eigenvalue weighted by Gasteiger charge is 2.18. The zero-order valence-corrected chi connectivity index (χ0v) is 12.4. The molecular formula is C17H14FN3O2. The molecule has 1 heterocycles. The zero-order chi connectivity index (χ0) is 16.2. The maximum atomic E-state index is 13.6. The van der Waals surface area contributed by atoms with Gasteiger partial charge >= 0.3 is 0 Å². The maximum absolute atomic E-state index is 13.6. The van der Waals surface area contributed by atoms with Crippen LogP contribution in [0.2, 0.25) is 0 Å². The lowest BCUT2D eigenvalue weighted by atomic mass is 10.2. The molecule has 0 aliphatic rings. The molecule has 0 fully saturated rings. The number of aromatic nitrogens is 2. The minimum Gasteiger partial charge on any atom is -0.464 e. The summed E-state index contributed by atoms with van der Waals surface area (Å²) in [4.78, 5) is 20.4. The first-order valence-electron chi connectivity index (χ1n) is 7.07. The molecule has 0 aliphatic heterocycles. The third-order valence-corrected chi connectivity index (χ3v) is 3.30. The first-order chi connectivity index (χ1) is 11.1. The van der Waals surface area contributed by atoms with Crippen LogP contribution in [-0.4, -0.2) is 22.0 Å². The fourth-order valence-electron chi connectivity index (χ4n) is 2.09. The summed E-state index contributed by atoms with van der Waals surface area (Å²) in [7, 11) is 0. The number of rotatable bonds is 4. The Kier molecular flexibility index (Phi) is 4.14. The van der Waals surface area contributed by atoms with Crippen molar-refractivity contribution in [3.05, 3.63) is 60.7 Å². The van der Waals surface area contributed by atoms with E-state index in [2.05, 4.69) is 15.3 Å². The topological polar surface area (TPSA) is 64.1 Å². The van der Waals surface area contributed by atoms with Crippen molar-refractivity contribution in [1.82, 2.24) is 9.97 Å². The van der Waals surface area contributed by atoms with Crippen molar-refractivity contribution in [2.75, 3.05) is 5.32 Å². The van der Waals surface area contributed by atoms with E-state index in [9.17, 15) is 9.18 Å². The second-order valence-electron chi connectivity index (χ2n) is 4.93. The van der Waals surface area contributed by atoms with E-state index in [0.717, 1.165) is 5.52 Å². The van der Waals surface area contributed by atoms with Crippen molar-refractivity contribution in [3.8, 4) is 5.88 Å². The lowest BCUT2D eigenvalue weighted by molar-refractivity contribution is -0.122. The number of carbonyl (C=O) groups excluding carboxylic acids is 1. The molecule has 1 N–H and O–H groups in total. The largest absolute Gasteiger partial charge is 0.464 e. The summed E-state index contributed by atoms with van der Waals surface area (Å²) in [5.41, 5.74) is 0.833. The third-order valence-electron chi connectivity index (χ3n) is 3.30. The SMILES string of the molecule is C[C@H](Oc1ncnc2ccccc12)C(=O)Nc1ccccc1F. The first-order valence-corrected chi connectivity index (χ1v) is 7.07. The summed E-state index contributed by atoms with van der Waals surface area (Å²) in [6.45, 7) is 1.58. The van der Waals surface area contributed by atoms with Crippen LogP contribution in [0.25, 0.3) is 10.9 Å². The van der Waals surface area contributed by atoms with Crippen LogP contribution in [0.1, 0.15) is 6.92 Å². The van der Waals surface area contributed by atoms with Crippen LogP contribution in [0, 0.1) is 5.82 Å². The van der Waals surface area contributed by atoms with Crippen LogP contribution >= 0.6 is 0 Å². The average molecular weight is 311 g/mol. The van der Waals surface area contributed by atoms with Gasteiger partial charge in [-0.1, -0.05) is 24.3 Å². The van der Waals surface area contributed by atoms with E-state index in [1.807, 2.05) is 24.3 Å². The minimum atomic E-state index is -0.840. The third kappa shape index (κ3) is 3.26. The Morgan fingerprint density at radius 3 is 2.70 bits per heavy atom. The van der Waals surface area contributed by atoms with E-state index < -0.39 is 17.8 Å². The lowest BCUT2D eigenvalue weighted by Gasteiger charge is -2.15. The highest BCUT2D eigenvalue weighted by Crippen LogP contribution is 2.22. The molecule has 3 aromatic rings. The van der Waals surface area contributed by atoms with E-state index in [0.29, 0.717) is 11.3 Å². The lowest BCUT2D eigenvalue weighted by Crippen LogP contribution is -2.30. The van der Waals surface area contributed by atoms with Crippen LogP contribution in [-0.2, 0) is 4.79 Å². The fraction of sp³-hybridized carbons (Fsp3) is 0.118. The molecule has 23 heavy (non-hydrogen) atoms. The van der Waals surface area contributed by atoms with Gasteiger partial charge in [0.15, 0.2) is 6.10 Å². The van der Waals surface area contributed by atoms with Gasteiger partial charge in [-0.15, -0.1) is 0 Å². The van der Waals surface area contributed by atoms with Crippen molar-refractivity contribution < 1.29 is 13.9 Å². The van der Waals surface area contributed by atoms with Gasteiger partial charge in [0.25, 0.3) is 5.91 Å². The van der Waals surface area contributed by atoms with Crippen molar-refractivity contribution in [2.45, 2.75) is 13.0 Å². The smallest absolute Gasteiger partial charge is 0.265 e. The van der Waals surface area contributed by atoms with Gasteiger partial charge in [-0.25, -0.2) is 14.4 Å². The molecule has 0 saturated carbocycles. The number of benzene rings is 2. The number of nitrogens with one attached hydrogen (secondary N) is 1. The van der Waals surface area contributed by atoms with Gasteiger partial charge in [0.05, 0.1) is 16.6 Å². The van der Waals surface area contributed by atoms with Crippen LogP contribution in [0.3, 0.4) is 0 Å². The molecule has 3 rings (SSSR count). The number of halogens is 1.